The number of guanidine groups is 1. The Bertz CT molecular complexity index is 885. The van der Waals surface area contributed by atoms with Gasteiger partial charge in [0.1, 0.15) is 5.75 Å². The number of benzene rings is 1. The van der Waals surface area contributed by atoms with E-state index in [0.717, 1.165) is 54.9 Å². The summed E-state index contributed by atoms with van der Waals surface area (Å²) < 4.78 is 7.60. The van der Waals surface area contributed by atoms with Crippen LogP contribution in [0.4, 0.5) is 0 Å². The number of nitrogens with one attached hydrogen (secondary N) is 2. The number of imidazole rings is 1. The van der Waals surface area contributed by atoms with Crippen LogP contribution in [-0.4, -0.2) is 35.0 Å². The monoisotopic (exact) mass is 369 g/mol. The topological polar surface area (TPSA) is 63.0 Å². The van der Waals surface area contributed by atoms with Crippen molar-refractivity contribution in [2.75, 3.05) is 19.7 Å². The number of rotatable bonds is 6. The highest BCUT2D eigenvalue weighted by atomic mass is 32.1. The van der Waals surface area contributed by atoms with Gasteiger partial charge < -0.3 is 15.4 Å². The summed E-state index contributed by atoms with van der Waals surface area (Å²) in [4.78, 5) is 10.2. The smallest absolute Gasteiger partial charge is 0.193 e. The standard InChI is InChI=1S/C19H23N5OS/c1-2-20-18(22-12-16-13-24-8-10-26-19(24)23-16)21-7-5-14-3-4-17-15(11-14)6-9-25-17/h3-4,8,10-11,13H,2,5-7,9,12H2,1H3,(H2,20,21,22). The number of fused-ring (bicyclic) bond motifs is 2. The van der Waals surface area contributed by atoms with Crippen LogP contribution in [0.15, 0.2) is 41.0 Å². The summed E-state index contributed by atoms with van der Waals surface area (Å²) in [6.45, 7) is 5.12. The molecule has 0 saturated carbocycles. The summed E-state index contributed by atoms with van der Waals surface area (Å²) in [5.41, 5.74) is 3.63. The number of thiazole rings is 1. The number of hydrogen-bond donors (Lipinski definition) is 2. The van der Waals surface area contributed by atoms with Gasteiger partial charge in [0, 0.05) is 37.3 Å². The normalized spacial score (nSPS) is 13.7. The molecule has 0 amide bonds. The predicted octanol–water partition coefficient (Wildman–Crippen LogP) is 2.63. The molecule has 1 aromatic carbocycles. The van der Waals surface area contributed by atoms with E-state index in [2.05, 4.69) is 45.7 Å². The van der Waals surface area contributed by atoms with Crippen LogP contribution in [0.3, 0.4) is 0 Å². The molecule has 3 aromatic rings. The minimum atomic E-state index is 0.569. The Kier molecular flexibility index (Phi) is 5.06. The Morgan fingerprint density at radius 2 is 2.35 bits per heavy atom. The second-order valence-electron chi connectivity index (χ2n) is 6.24. The van der Waals surface area contributed by atoms with E-state index in [1.807, 2.05) is 22.2 Å². The molecular weight excluding hydrogens is 346 g/mol. The molecule has 0 spiro atoms. The molecule has 2 N–H and O–H groups in total. The van der Waals surface area contributed by atoms with E-state index in [9.17, 15) is 0 Å². The summed E-state index contributed by atoms with van der Waals surface area (Å²) in [6, 6.07) is 6.49. The van der Waals surface area contributed by atoms with E-state index in [1.165, 1.54) is 11.1 Å². The van der Waals surface area contributed by atoms with E-state index in [4.69, 9.17) is 4.74 Å². The summed E-state index contributed by atoms with van der Waals surface area (Å²) in [5.74, 6) is 1.87. The first-order valence-corrected chi connectivity index (χ1v) is 9.87. The zero-order valence-electron chi connectivity index (χ0n) is 14.9. The summed E-state index contributed by atoms with van der Waals surface area (Å²) in [5, 5.41) is 8.74. The molecule has 3 heterocycles. The lowest BCUT2D eigenvalue weighted by molar-refractivity contribution is 0.357. The van der Waals surface area contributed by atoms with Gasteiger partial charge in [-0.05, 0) is 30.5 Å². The Morgan fingerprint density at radius 1 is 1.38 bits per heavy atom. The van der Waals surface area contributed by atoms with Gasteiger partial charge in [-0.25, -0.2) is 9.98 Å². The van der Waals surface area contributed by atoms with Crippen LogP contribution >= 0.6 is 11.3 Å². The fourth-order valence-corrected chi connectivity index (χ4v) is 3.79. The lowest BCUT2D eigenvalue weighted by Gasteiger charge is -2.11. The molecule has 4 rings (SSSR count). The lowest BCUT2D eigenvalue weighted by atomic mass is 10.1. The second kappa shape index (κ2) is 7.78. The van der Waals surface area contributed by atoms with Crippen LogP contribution in [-0.2, 0) is 19.4 Å². The minimum absolute atomic E-state index is 0.569. The van der Waals surface area contributed by atoms with Crippen molar-refractivity contribution < 1.29 is 4.74 Å². The highest BCUT2D eigenvalue weighted by Crippen LogP contribution is 2.25. The Morgan fingerprint density at radius 3 is 3.23 bits per heavy atom. The maximum Gasteiger partial charge on any atom is 0.193 e. The van der Waals surface area contributed by atoms with Crippen molar-refractivity contribution in [2.24, 2.45) is 4.99 Å². The van der Waals surface area contributed by atoms with Crippen molar-refractivity contribution in [3.05, 3.63) is 52.8 Å². The molecule has 26 heavy (non-hydrogen) atoms. The third kappa shape index (κ3) is 3.83. The van der Waals surface area contributed by atoms with E-state index < -0.39 is 0 Å². The average molecular weight is 369 g/mol. The van der Waals surface area contributed by atoms with E-state index in [-0.39, 0.29) is 0 Å². The first kappa shape index (κ1) is 16.9. The summed E-state index contributed by atoms with van der Waals surface area (Å²) in [6.07, 6.45) is 6.03. The number of nitrogens with zero attached hydrogens (tertiary/aromatic N) is 3. The Balaban J connectivity index is 1.33. The molecule has 7 heteroatoms. The van der Waals surface area contributed by atoms with Crippen LogP contribution < -0.4 is 15.4 Å². The van der Waals surface area contributed by atoms with Crippen molar-refractivity contribution >= 4 is 22.3 Å². The van der Waals surface area contributed by atoms with Gasteiger partial charge in [-0.3, -0.25) is 4.40 Å². The van der Waals surface area contributed by atoms with Crippen LogP contribution in [0.25, 0.3) is 4.96 Å². The maximum atomic E-state index is 5.57. The van der Waals surface area contributed by atoms with Crippen molar-refractivity contribution in [2.45, 2.75) is 26.3 Å². The van der Waals surface area contributed by atoms with Crippen molar-refractivity contribution in [1.82, 2.24) is 20.0 Å². The highest BCUT2D eigenvalue weighted by Gasteiger charge is 2.11. The maximum absolute atomic E-state index is 5.57. The predicted molar refractivity (Wildman–Crippen MR) is 105 cm³/mol. The summed E-state index contributed by atoms with van der Waals surface area (Å²) >= 11 is 1.64. The molecule has 0 fully saturated rings. The van der Waals surface area contributed by atoms with Crippen LogP contribution in [0.1, 0.15) is 23.7 Å². The van der Waals surface area contributed by atoms with Crippen LogP contribution in [0.5, 0.6) is 5.75 Å². The Labute approximate surface area is 156 Å². The van der Waals surface area contributed by atoms with Gasteiger partial charge in [-0.1, -0.05) is 12.1 Å². The molecule has 0 atom stereocenters. The van der Waals surface area contributed by atoms with E-state index in [0.29, 0.717) is 6.54 Å². The third-order valence-corrected chi connectivity index (χ3v) is 5.12. The molecule has 6 nitrogen and oxygen atoms in total. The largest absolute Gasteiger partial charge is 0.493 e. The summed E-state index contributed by atoms with van der Waals surface area (Å²) in [7, 11) is 0. The number of aromatic nitrogens is 2. The molecule has 0 radical (unpaired) electrons. The van der Waals surface area contributed by atoms with Crippen molar-refractivity contribution in [1.29, 1.82) is 0 Å². The SMILES string of the molecule is CCNC(=NCc1cn2ccsc2n1)NCCc1ccc2c(c1)CCO2. The van der Waals surface area contributed by atoms with Gasteiger partial charge in [0.25, 0.3) is 0 Å². The van der Waals surface area contributed by atoms with E-state index >= 15 is 0 Å². The molecule has 1 aliphatic rings. The molecule has 2 aromatic heterocycles. The second-order valence-corrected chi connectivity index (χ2v) is 7.11. The van der Waals surface area contributed by atoms with Crippen LogP contribution in [0, 0.1) is 0 Å². The zero-order chi connectivity index (χ0) is 17.8. The van der Waals surface area contributed by atoms with Gasteiger partial charge >= 0.3 is 0 Å². The lowest BCUT2D eigenvalue weighted by Crippen LogP contribution is -2.38. The van der Waals surface area contributed by atoms with Gasteiger partial charge in [0.15, 0.2) is 10.9 Å². The highest BCUT2D eigenvalue weighted by molar-refractivity contribution is 7.15. The molecule has 0 aliphatic carbocycles. The van der Waals surface area contributed by atoms with Gasteiger partial charge in [-0.2, -0.15) is 0 Å². The van der Waals surface area contributed by atoms with Gasteiger partial charge in [0.2, 0.25) is 0 Å². The fourth-order valence-electron chi connectivity index (χ4n) is 3.07. The van der Waals surface area contributed by atoms with Crippen molar-refractivity contribution in [3.8, 4) is 5.75 Å². The minimum Gasteiger partial charge on any atom is -0.493 e. The van der Waals surface area contributed by atoms with Gasteiger partial charge in [-0.15, -0.1) is 11.3 Å². The van der Waals surface area contributed by atoms with Gasteiger partial charge in [0.05, 0.1) is 18.8 Å². The molecule has 0 bridgehead atoms. The third-order valence-electron chi connectivity index (χ3n) is 4.35. The fraction of sp³-hybridized carbons (Fsp3) is 0.368. The molecule has 0 unspecified atom stereocenters. The van der Waals surface area contributed by atoms with Crippen molar-refractivity contribution in [3.63, 3.8) is 0 Å². The molecule has 1 aliphatic heterocycles. The number of aliphatic imine (C=N–C) groups is 1. The molecule has 0 saturated heterocycles. The first-order chi connectivity index (χ1) is 12.8. The molecular formula is C19H23N5OS. The number of hydrogen-bond acceptors (Lipinski definition) is 4. The Hall–Kier alpha value is -2.54. The quantitative estimate of drug-likeness (QED) is 0.518. The molecule has 136 valence electrons. The number of ether oxygens (including phenoxy) is 1. The van der Waals surface area contributed by atoms with Crippen LogP contribution in [0.2, 0.25) is 0 Å². The average Bonchev–Trinajstić information content (AvgIpc) is 3.35. The van der Waals surface area contributed by atoms with E-state index in [1.54, 1.807) is 11.3 Å². The zero-order valence-corrected chi connectivity index (χ0v) is 15.7. The first-order valence-electron chi connectivity index (χ1n) is 8.99.